The predicted octanol–water partition coefficient (Wildman–Crippen LogP) is 5.29. The third kappa shape index (κ3) is 2.74. The van der Waals surface area contributed by atoms with Gasteiger partial charge >= 0.3 is 0 Å². The quantitative estimate of drug-likeness (QED) is 0.453. The predicted molar refractivity (Wildman–Crippen MR) is 134 cm³/mol. The lowest BCUT2D eigenvalue weighted by molar-refractivity contribution is -0.214. The summed E-state index contributed by atoms with van der Waals surface area (Å²) >= 11 is 0. The van der Waals surface area contributed by atoms with Crippen molar-refractivity contribution < 1.29 is 20.1 Å². The van der Waals surface area contributed by atoms with Gasteiger partial charge in [0.25, 0.3) is 0 Å². The maximum atomic E-state index is 13.1. The SMILES string of the molecule is C[C@@H]1CC[C@]2(CO)CC[C@]3(C)C(=CC[C@@H]4[C@@]5(C)CC(=O)C(O)C(C)(C)[C@H]5CC[C@]43C)[C@@H]2[C@]1(C)O. The number of hydrogen-bond donors (Lipinski definition) is 3. The van der Waals surface area contributed by atoms with Crippen LogP contribution in [0.4, 0.5) is 0 Å². The first-order chi connectivity index (χ1) is 15.6. The van der Waals surface area contributed by atoms with Crippen molar-refractivity contribution in [2.24, 2.45) is 50.7 Å². The van der Waals surface area contributed by atoms with E-state index in [0.29, 0.717) is 18.3 Å². The standard InChI is InChI=1S/C30H48O4/c1-18-10-13-30(17-31)15-14-27(5)19(23(30)29(18,7)34)8-9-22-26(4)16-20(32)24(33)25(2,3)21(26)11-12-28(22,27)6/h8,18,21-24,31,33-34H,9-17H2,1-7H3/t18-,21-,22-,23-,24?,26+,27-,28-,29-,30-/m1/s1. The fraction of sp³-hybridized carbons (Fsp3) is 0.900. The van der Waals surface area contributed by atoms with E-state index in [2.05, 4.69) is 47.6 Å². The van der Waals surface area contributed by atoms with Crippen LogP contribution in [0.5, 0.6) is 0 Å². The molecule has 4 heteroatoms. The average molecular weight is 473 g/mol. The lowest BCUT2D eigenvalue weighted by Gasteiger charge is -2.72. The topological polar surface area (TPSA) is 77.8 Å². The maximum Gasteiger partial charge on any atom is 0.162 e. The third-order valence-corrected chi connectivity index (χ3v) is 13.3. The molecule has 0 aromatic rings. The van der Waals surface area contributed by atoms with Crippen LogP contribution in [0.1, 0.15) is 99.8 Å². The van der Waals surface area contributed by atoms with E-state index in [1.807, 2.05) is 6.92 Å². The molecule has 0 aromatic heterocycles. The Morgan fingerprint density at radius 2 is 1.65 bits per heavy atom. The van der Waals surface area contributed by atoms with Crippen molar-refractivity contribution in [1.82, 2.24) is 0 Å². The Balaban J connectivity index is 1.64. The summed E-state index contributed by atoms with van der Waals surface area (Å²) in [5.41, 5.74) is -0.226. The number of rotatable bonds is 1. The van der Waals surface area contributed by atoms with Gasteiger partial charge in [-0.1, -0.05) is 53.2 Å². The zero-order valence-corrected chi connectivity index (χ0v) is 22.6. The number of aliphatic hydroxyl groups excluding tert-OH is 2. The number of allylic oxidation sites excluding steroid dienone is 1. The van der Waals surface area contributed by atoms with Crippen LogP contribution in [0.2, 0.25) is 0 Å². The Bertz CT molecular complexity index is 919. The molecule has 0 aliphatic heterocycles. The molecule has 0 aromatic carbocycles. The molecule has 10 atom stereocenters. The Morgan fingerprint density at radius 1 is 0.971 bits per heavy atom. The van der Waals surface area contributed by atoms with Crippen molar-refractivity contribution in [2.75, 3.05) is 6.61 Å². The van der Waals surface area contributed by atoms with Gasteiger partial charge in [0.05, 0.1) is 5.60 Å². The van der Waals surface area contributed by atoms with E-state index in [1.165, 1.54) is 5.57 Å². The molecular formula is C30H48O4. The molecule has 0 amide bonds. The van der Waals surface area contributed by atoms with E-state index in [-0.39, 0.29) is 45.9 Å². The number of hydrogen-bond acceptors (Lipinski definition) is 4. The second-order valence-corrected chi connectivity index (χ2v) is 14.8. The van der Waals surface area contributed by atoms with Crippen LogP contribution in [-0.2, 0) is 4.79 Å². The maximum absolute atomic E-state index is 13.1. The number of Topliss-reactive ketones (excluding diaryl/α,β-unsaturated/α-hetero) is 1. The molecule has 0 spiro atoms. The Morgan fingerprint density at radius 3 is 2.29 bits per heavy atom. The summed E-state index contributed by atoms with van der Waals surface area (Å²) in [6.45, 7) is 15.8. The lowest BCUT2D eigenvalue weighted by atomic mass is 9.33. The molecule has 5 aliphatic carbocycles. The number of aliphatic hydroxyl groups is 3. The van der Waals surface area contributed by atoms with Crippen molar-refractivity contribution in [1.29, 1.82) is 0 Å². The van der Waals surface area contributed by atoms with Crippen LogP contribution in [0.15, 0.2) is 11.6 Å². The molecule has 0 radical (unpaired) electrons. The minimum absolute atomic E-state index is 0.0120. The van der Waals surface area contributed by atoms with Crippen LogP contribution in [0.25, 0.3) is 0 Å². The Hall–Kier alpha value is -0.710. The Labute approximate surface area is 206 Å². The molecule has 1 unspecified atom stereocenters. The van der Waals surface area contributed by atoms with E-state index in [0.717, 1.165) is 44.9 Å². The van der Waals surface area contributed by atoms with E-state index in [4.69, 9.17) is 0 Å². The summed E-state index contributed by atoms with van der Waals surface area (Å²) < 4.78 is 0. The molecule has 34 heavy (non-hydrogen) atoms. The van der Waals surface area contributed by atoms with E-state index in [1.54, 1.807) is 0 Å². The molecule has 0 heterocycles. The first-order valence-corrected chi connectivity index (χ1v) is 13.9. The number of carbonyl (C=O) groups excluding carboxylic acids is 1. The summed E-state index contributed by atoms with van der Waals surface area (Å²) in [4.78, 5) is 13.1. The summed E-state index contributed by atoms with van der Waals surface area (Å²) in [5, 5.41) is 33.4. The molecule has 4 saturated carbocycles. The van der Waals surface area contributed by atoms with Crippen molar-refractivity contribution in [3.05, 3.63) is 11.6 Å². The summed E-state index contributed by atoms with van der Waals surface area (Å²) in [6, 6.07) is 0. The highest BCUT2D eigenvalue weighted by Gasteiger charge is 2.70. The molecule has 0 bridgehead atoms. The van der Waals surface area contributed by atoms with E-state index >= 15 is 0 Å². The van der Waals surface area contributed by atoms with E-state index < -0.39 is 17.1 Å². The van der Waals surface area contributed by atoms with Gasteiger partial charge in [-0.25, -0.2) is 0 Å². The van der Waals surface area contributed by atoms with Crippen LogP contribution < -0.4 is 0 Å². The fourth-order valence-corrected chi connectivity index (χ4v) is 10.8. The van der Waals surface area contributed by atoms with Crippen LogP contribution in [0.3, 0.4) is 0 Å². The van der Waals surface area contributed by atoms with E-state index in [9.17, 15) is 20.1 Å². The van der Waals surface area contributed by atoms with Crippen molar-refractivity contribution in [3.8, 4) is 0 Å². The molecular weight excluding hydrogens is 424 g/mol. The molecule has 5 aliphatic rings. The highest BCUT2D eigenvalue weighted by atomic mass is 16.3. The molecule has 4 nitrogen and oxygen atoms in total. The van der Waals surface area contributed by atoms with Crippen LogP contribution in [-0.4, -0.2) is 39.4 Å². The molecule has 192 valence electrons. The summed E-state index contributed by atoms with van der Waals surface area (Å²) in [6.07, 6.45) is 9.05. The summed E-state index contributed by atoms with van der Waals surface area (Å²) in [5.74, 6) is 0.900. The average Bonchev–Trinajstić information content (AvgIpc) is 2.75. The lowest BCUT2D eigenvalue weighted by Crippen LogP contribution is -2.68. The first kappa shape index (κ1) is 25.0. The van der Waals surface area contributed by atoms with Gasteiger partial charge in [0.2, 0.25) is 0 Å². The summed E-state index contributed by atoms with van der Waals surface area (Å²) in [7, 11) is 0. The van der Waals surface area contributed by atoms with Gasteiger partial charge in [-0.3, -0.25) is 4.79 Å². The van der Waals surface area contributed by atoms with Gasteiger partial charge in [-0.05, 0) is 85.9 Å². The van der Waals surface area contributed by atoms with Crippen molar-refractivity contribution in [3.63, 3.8) is 0 Å². The largest absolute Gasteiger partial charge is 0.396 e. The first-order valence-electron chi connectivity index (χ1n) is 13.9. The van der Waals surface area contributed by atoms with Crippen molar-refractivity contribution >= 4 is 5.78 Å². The van der Waals surface area contributed by atoms with Crippen LogP contribution >= 0.6 is 0 Å². The number of fused-ring (bicyclic) bond motifs is 7. The van der Waals surface area contributed by atoms with Crippen molar-refractivity contribution in [2.45, 2.75) is 112 Å². The molecule has 4 fully saturated rings. The smallest absolute Gasteiger partial charge is 0.162 e. The molecule has 5 rings (SSSR count). The van der Waals surface area contributed by atoms with Gasteiger partial charge in [-0.15, -0.1) is 0 Å². The van der Waals surface area contributed by atoms with Crippen LogP contribution in [0, 0.1) is 50.7 Å². The second-order valence-electron chi connectivity index (χ2n) is 14.8. The molecule has 0 saturated heterocycles. The van der Waals surface area contributed by atoms with Gasteiger partial charge in [0.1, 0.15) is 6.10 Å². The second kappa shape index (κ2) is 7.19. The third-order valence-electron chi connectivity index (χ3n) is 13.3. The number of ketones is 1. The van der Waals surface area contributed by atoms with Gasteiger partial charge < -0.3 is 15.3 Å². The van der Waals surface area contributed by atoms with Gasteiger partial charge in [-0.2, -0.15) is 0 Å². The highest BCUT2D eigenvalue weighted by Crippen LogP contribution is 2.75. The minimum Gasteiger partial charge on any atom is -0.396 e. The zero-order valence-electron chi connectivity index (χ0n) is 22.6. The highest BCUT2D eigenvalue weighted by molar-refractivity contribution is 5.85. The minimum atomic E-state index is -0.862. The normalized spacial score (nSPS) is 56.5. The Kier molecular flexibility index (Phi) is 5.28. The monoisotopic (exact) mass is 472 g/mol. The number of carbonyl (C=O) groups is 1. The van der Waals surface area contributed by atoms with Gasteiger partial charge in [0, 0.05) is 29.8 Å². The fourth-order valence-electron chi connectivity index (χ4n) is 10.8. The zero-order chi connectivity index (χ0) is 25.1. The molecule has 3 N–H and O–H groups in total. The van der Waals surface area contributed by atoms with Gasteiger partial charge in [0.15, 0.2) is 5.78 Å².